The molecule has 0 atom stereocenters. The number of ether oxygens (including phenoxy) is 1. The predicted molar refractivity (Wildman–Crippen MR) is 150 cm³/mol. The molecular weight excluding hydrogens is 616 g/mol. The van der Waals surface area contributed by atoms with Gasteiger partial charge in [-0.15, -0.1) is 0 Å². The van der Waals surface area contributed by atoms with Crippen LogP contribution in [-0.2, 0) is 11.2 Å². The van der Waals surface area contributed by atoms with Gasteiger partial charge in [-0.05, 0) is 94.0 Å². The smallest absolute Gasteiger partial charge is 0.316 e. The van der Waals surface area contributed by atoms with Gasteiger partial charge in [0.25, 0.3) is 5.91 Å². The van der Waals surface area contributed by atoms with Crippen molar-refractivity contribution in [2.24, 2.45) is 5.92 Å². The molecule has 2 aromatic carbocycles. The van der Waals surface area contributed by atoms with E-state index in [-0.39, 0.29) is 24.3 Å². The first-order valence-electron chi connectivity index (χ1n) is 13.0. The van der Waals surface area contributed by atoms with Crippen LogP contribution in [0.2, 0.25) is 0 Å². The first-order chi connectivity index (χ1) is 18.5. The highest BCUT2D eigenvalue weighted by Gasteiger charge is 2.28. The van der Waals surface area contributed by atoms with Crippen LogP contribution in [0.3, 0.4) is 0 Å². The molecule has 2 fully saturated rings. The summed E-state index contributed by atoms with van der Waals surface area (Å²) >= 11 is 7.06. The summed E-state index contributed by atoms with van der Waals surface area (Å²) in [4.78, 5) is 33.5. The second-order valence-electron chi connectivity index (χ2n) is 9.85. The third kappa shape index (κ3) is 6.46. The number of aromatic nitrogens is 2. The van der Waals surface area contributed by atoms with Crippen molar-refractivity contribution < 1.29 is 18.8 Å². The Bertz CT molecular complexity index is 1250. The monoisotopic (exact) mass is 644 g/mol. The maximum atomic E-state index is 13.0. The van der Waals surface area contributed by atoms with Crippen LogP contribution in [0, 0.1) is 5.92 Å². The summed E-state index contributed by atoms with van der Waals surface area (Å²) in [5.74, 6) is 1.13. The van der Waals surface area contributed by atoms with Gasteiger partial charge in [0.05, 0.1) is 8.95 Å². The second-order valence-corrected chi connectivity index (χ2v) is 11.6. The number of likely N-dealkylation sites (tertiary alicyclic amines) is 2. The van der Waals surface area contributed by atoms with E-state index >= 15 is 0 Å². The molecule has 0 bridgehead atoms. The van der Waals surface area contributed by atoms with Crippen LogP contribution in [0.4, 0.5) is 0 Å². The molecule has 0 unspecified atom stereocenters. The zero-order chi connectivity index (χ0) is 26.5. The maximum Gasteiger partial charge on any atom is 0.316 e. The lowest BCUT2D eigenvalue weighted by molar-refractivity contribution is -0.134. The van der Waals surface area contributed by atoms with Crippen molar-refractivity contribution in [3.63, 3.8) is 0 Å². The average molecular weight is 646 g/mol. The van der Waals surface area contributed by atoms with Crippen LogP contribution in [0.1, 0.15) is 48.4 Å². The number of piperidine rings is 2. The van der Waals surface area contributed by atoms with E-state index in [1.807, 2.05) is 11.0 Å². The Morgan fingerprint density at radius 3 is 2.32 bits per heavy atom. The van der Waals surface area contributed by atoms with Gasteiger partial charge in [0.2, 0.25) is 5.82 Å². The van der Waals surface area contributed by atoms with E-state index in [0.29, 0.717) is 45.1 Å². The van der Waals surface area contributed by atoms with E-state index in [1.165, 1.54) is 12.0 Å². The van der Waals surface area contributed by atoms with Crippen LogP contribution < -0.4 is 4.74 Å². The fourth-order valence-corrected chi connectivity index (χ4v) is 6.46. The molecule has 2 amide bonds. The summed E-state index contributed by atoms with van der Waals surface area (Å²) in [7, 11) is 0. The third-order valence-corrected chi connectivity index (χ3v) is 8.36. The van der Waals surface area contributed by atoms with Crippen LogP contribution >= 0.6 is 31.9 Å². The Balaban J connectivity index is 1.18. The van der Waals surface area contributed by atoms with Crippen molar-refractivity contribution in [1.82, 2.24) is 19.9 Å². The molecule has 38 heavy (non-hydrogen) atoms. The zero-order valence-corrected chi connectivity index (χ0v) is 24.2. The minimum Gasteiger partial charge on any atom is -0.481 e. The molecule has 2 aliphatic heterocycles. The van der Waals surface area contributed by atoms with Crippen LogP contribution in [0.25, 0.3) is 11.4 Å². The summed E-state index contributed by atoms with van der Waals surface area (Å²) in [6, 6.07) is 14.1. The van der Waals surface area contributed by atoms with Gasteiger partial charge in [-0.25, -0.2) is 0 Å². The van der Waals surface area contributed by atoms with Crippen molar-refractivity contribution in [1.29, 1.82) is 0 Å². The molecule has 0 N–H and O–H groups in total. The van der Waals surface area contributed by atoms with E-state index in [2.05, 4.69) is 66.3 Å². The molecular formula is C28H30Br2N4O4. The van der Waals surface area contributed by atoms with Crippen LogP contribution in [0.5, 0.6) is 5.75 Å². The van der Waals surface area contributed by atoms with Gasteiger partial charge >= 0.3 is 11.8 Å². The van der Waals surface area contributed by atoms with Gasteiger partial charge in [-0.2, -0.15) is 4.98 Å². The van der Waals surface area contributed by atoms with Crippen LogP contribution in [-0.4, -0.2) is 64.5 Å². The summed E-state index contributed by atoms with van der Waals surface area (Å²) in [6.07, 6.45) is 6.17. The number of benzene rings is 2. The second kappa shape index (κ2) is 12.4. The molecule has 0 spiro atoms. The summed E-state index contributed by atoms with van der Waals surface area (Å²) in [6.45, 7) is 2.89. The topological polar surface area (TPSA) is 88.8 Å². The highest BCUT2D eigenvalue weighted by Crippen LogP contribution is 2.37. The highest BCUT2D eigenvalue weighted by atomic mass is 79.9. The fraction of sp³-hybridized carbons (Fsp3) is 0.429. The first-order valence-corrected chi connectivity index (χ1v) is 14.6. The molecule has 3 heterocycles. The number of amides is 2. The molecule has 10 heteroatoms. The Labute approximate surface area is 239 Å². The predicted octanol–water partition coefficient (Wildman–Crippen LogP) is 5.75. The number of hydrogen-bond acceptors (Lipinski definition) is 6. The Hall–Kier alpha value is -2.72. The van der Waals surface area contributed by atoms with Gasteiger partial charge in [0.15, 0.2) is 6.61 Å². The van der Waals surface area contributed by atoms with E-state index in [0.717, 1.165) is 45.2 Å². The van der Waals surface area contributed by atoms with Crippen molar-refractivity contribution in [3.8, 4) is 17.1 Å². The highest BCUT2D eigenvalue weighted by molar-refractivity contribution is 9.11. The van der Waals surface area contributed by atoms with Crippen molar-refractivity contribution in [2.75, 3.05) is 32.8 Å². The van der Waals surface area contributed by atoms with Gasteiger partial charge < -0.3 is 19.1 Å². The van der Waals surface area contributed by atoms with Crippen molar-refractivity contribution >= 4 is 43.7 Å². The standard InChI is InChI=1S/C28H30Br2N4O4/c29-22-16-21(17-23(30)25(22)37-18-24(35)33-11-5-2-6-12-33)26-31-27(38-32-26)28(36)34-13-9-20(10-14-34)15-19-7-3-1-4-8-19/h1,3-4,7-8,16-17,20H,2,5-6,9-15,18H2. The number of rotatable bonds is 7. The van der Waals surface area contributed by atoms with E-state index in [9.17, 15) is 9.59 Å². The maximum absolute atomic E-state index is 13.0. The number of hydrogen-bond donors (Lipinski definition) is 0. The van der Waals surface area contributed by atoms with E-state index < -0.39 is 0 Å². The van der Waals surface area contributed by atoms with Gasteiger partial charge in [-0.1, -0.05) is 35.5 Å². The molecule has 2 aliphatic rings. The summed E-state index contributed by atoms with van der Waals surface area (Å²) in [5.41, 5.74) is 1.99. The van der Waals surface area contributed by atoms with E-state index in [1.54, 1.807) is 17.0 Å². The lowest BCUT2D eigenvalue weighted by atomic mass is 9.90. The largest absolute Gasteiger partial charge is 0.481 e. The normalized spacial score (nSPS) is 16.5. The van der Waals surface area contributed by atoms with Crippen LogP contribution in [0.15, 0.2) is 55.9 Å². The van der Waals surface area contributed by atoms with Gasteiger partial charge in [0, 0.05) is 31.7 Å². The molecule has 0 radical (unpaired) electrons. The Kier molecular flexibility index (Phi) is 8.79. The van der Waals surface area contributed by atoms with Gasteiger partial charge in [-0.3, -0.25) is 9.59 Å². The SMILES string of the molecule is O=C(COc1c(Br)cc(-c2noc(C(=O)N3CCC(Cc4ccccc4)CC3)n2)cc1Br)N1CCCCC1. The van der Waals surface area contributed by atoms with E-state index in [4.69, 9.17) is 9.26 Å². The Morgan fingerprint density at radius 1 is 0.947 bits per heavy atom. The summed E-state index contributed by atoms with van der Waals surface area (Å²) in [5, 5.41) is 4.04. The number of carbonyl (C=O) groups excluding carboxylic acids is 2. The minimum atomic E-state index is -0.240. The molecule has 0 saturated carbocycles. The third-order valence-electron chi connectivity index (χ3n) is 7.18. The molecule has 8 nitrogen and oxygen atoms in total. The lowest BCUT2D eigenvalue weighted by Crippen LogP contribution is -2.39. The number of nitrogens with zero attached hydrogens (tertiary/aromatic N) is 4. The zero-order valence-electron chi connectivity index (χ0n) is 21.1. The average Bonchev–Trinajstić information content (AvgIpc) is 3.44. The summed E-state index contributed by atoms with van der Waals surface area (Å²) < 4.78 is 12.5. The molecule has 3 aromatic rings. The molecule has 1 aromatic heterocycles. The first kappa shape index (κ1) is 26.9. The van der Waals surface area contributed by atoms with Crippen molar-refractivity contribution in [3.05, 3.63) is 62.9 Å². The van der Waals surface area contributed by atoms with Crippen molar-refractivity contribution in [2.45, 2.75) is 38.5 Å². The number of halogens is 2. The fourth-order valence-electron chi connectivity index (χ4n) is 5.05. The minimum absolute atomic E-state index is 0.0128. The Morgan fingerprint density at radius 2 is 1.63 bits per heavy atom. The number of carbonyl (C=O) groups is 2. The van der Waals surface area contributed by atoms with Gasteiger partial charge in [0.1, 0.15) is 5.75 Å². The quantitative estimate of drug-likeness (QED) is 0.325. The molecule has 5 rings (SSSR count). The molecule has 2 saturated heterocycles. The lowest BCUT2D eigenvalue weighted by Gasteiger charge is -2.31. The molecule has 0 aliphatic carbocycles. The molecule has 200 valence electrons.